The van der Waals surface area contributed by atoms with Gasteiger partial charge < -0.3 is 19.3 Å². The fourth-order valence-corrected chi connectivity index (χ4v) is 5.12. The number of carbonyl (C=O) groups excluding carboxylic acids is 3. The van der Waals surface area contributed by atoms with Crippen LogP contribution in [0.4, 0.5) is 27.7 Å². The Balaban J connectivity index is 1.53. The quantitative estimate of drug-likeness (QED) is 0.183. The van der Waals surface area contributed by atoms with Gasteiger partial charge in [-0.1, -0.05) is 6.07 Å². The Hall–Kier alpha value is -5.02. The van der Waals surface area contributed by atoms with Gasteiger partial charge in [0.15, 0.2) is 11.3 Å². The molecule has 0 spiro atoms. The van der Waals surface area contributed by atoms with Crippen molar-refractivity contribution in [3.8, 4) is 5.75 Å². The topological polar surface area (TPSA) is 110 Å². The number of hydrogen-bond donors (Lipinski definition) is 0. The van der Waals surface area contributed by atoms with Crippen LogP contribution in [-0.2, 0) is 9.53 Å². The minimum absolute atomic E-state index is 0.170. The van der Waals surface area contributed by atoms with Crippen molar-refractivity contribution in [3.05, 3.63) is 66.1 Å². The molecule has 11 nitrogen and oxygen atoms in total. The van der Waals surface area contributed by atoms with E-state index >= 15 is 0 Å². The Morgan fingerprint density at radius 2 is 1.86 bits per heavy atom. The summed E-state index contributed by atoms with van der Waals surface area (Å²) in [6.45, 7) is 8.56. The van der Waals surface area contributed by atoms with Crippen LogP contribution in [-0.4, -0.2) is 70.0 Å². The number of nitrogens with zero attached hydrogens (tertiary/aromatic N) is 6. The fraction of sp³-hybridized carbons (Fsp3) is 0.323. The summed E-state index contributed by atoms with van der Waals surface area (Å²) in [5.41, 5.74) is 2.08. The average Bonchev–Trinajstić information content (AvgIpc) is 3.21. The zero-order valence-corrected chi connectivity index (χ0v) is 24.5. The van der Waals surface area contributed by atoms with Gasteiger partial charge in [-0.05, 0) is 69.0 Å². The normalized spacial score (nSPS) is 13.3. The van der Waals surface area contributed by atoms with Crippen LogP contribution in [0.25, 0.3) is 11.0 Å². The lowest BCUT2D eigenvalue weighted by atomic mass is 10.1. The van der Waals surface area contributed by atoms with Crippen molar-refractivity contribution in [2.24, 2.45) is 0 Å². The minimum atomic E-state index is -0.721. The number of isocyanates is 1. The van der Waals surface area contributed by atoms with Crippen molar-refractivity contribution in [3.63, 3.8) is 0 Å². The van der Waals surface area contributed by atoms with E-state index in [1.807, 2.05) is 25.2 Å². The predicted molar refractivity (Wildman–Crippen MR) is 158 cm³/mol. The van der Waals surface area contributed by atoms with E-state index in [2.05, 4.69) is 19.8 Å². The maximum atomic E-state index is 13.8. The highest BCUT2D eigenvalue weighted by Crippen LogP contribution is 2.37. The third-order valence-electron chi connectivity index (χ3n) is 6.96. The lowest BCUT2D eigenvalue weighted by Crippen LogP contribution is -2.27. The Morgan fingerprint density at radius 3 is 2.57 bits per heavy atom. The van der Waals surface area contributed by atoms with Gasteiger partial charge >= 0.3 is 18.1 Å². The molecule has 2 aromatic heterocycles. The van der Waals surface area contributed by atoms with Gasteiger partial charge in [0.1, 0.15) is 22.7 Å². The van der Waals surface area contributed by atoms with Gasteiger partial charge in [-0.25, -0.2) is 24.1 Å². The number of imidazole rings is 1. The molecule has 1 aliphatic rings. The van der Waals surface area contributed by atoms with Gasteiger partial charge in [0, 0.05) is 44.2 Å². The second kappa shape index (κ2) is 11.1. The number of para-hydroxylation sites is 1. The number of ether oxygens (including phenoxy) is 2. The standard InChI is InChI=1S/C31H33N6O5/c1-20-33-27-23(10-7-11-24(27)37(20)30(40)42-31(2,3)4)36(19-38)29(39)22-14-13-21(18-26(22)41-6)35-17-9-16-34(5)28-25(35)12-8-15-32-28/h7-8,10-15,18H,9,16-17H2,1-6H3/q+1. The van der Waals surface area contributed by atoms with E-state index in [-0.39, 0.29) is 16.8 Å². The van der Waals surface area contributed by atoms with Crippen LogP contribution in [0.3, 0.4) is 0 Å². The number of aromatic nitrogens is 3. The van der Waals surface area contributed by atoms with Gasteiger partial charge in [-0.3, -0.25) is 0 Å². The summed E-state index contributed by atoms with van der Waals surface area (Å²) in [6.07, 6.45) is 3.81. The molecule has 1 aliphatic heterocycles. The molecule has 3 heterocycles. The maximum Gasteiger partial charge on any atom is 0.440 e. The monoisotopic (exact) mass is 569 g/mol. The SMILES string of the molecule is COc1cc(N2CCCN(C)c3ncccc32)ccc1C(=O)[N+](=C=O)c1cccc2c1nc(C)n2C(=O)OC(C)(C)C. The van der Waals surface area contributed by atoms with Crippen LogP contribution in [0.2, 0.25) is 0 Å². The molecule has 0 unspecified atom stereocenters. The highest BCUT2D eigenvalue weighted by Gasteiger charge is 2.33. The van der Waals surface area contributed by atoms with E-state index in [0.29, 0.717) is 17.1 Å². The number of amides is 1. The Bertz CT molecular complexity index is 1750. The third-order valence-corrected chi connectivity index (χ3v) is 6.96. The minimum Gasteiger partial charge on any atom is -0.496 e. The van der Waals surface area contributed by atoms with Crippen LogP contribution in [0, 0.1) is 6.92 Å². The van der Waals surface area contributed by atoms with E-state index in [0.717, 1.165) is 41.3 Å². The molecule has 0 radical (unpaired) electrons. The molecule has 2 aromatic carbocycles. The number of benzene rings is 2. The van der Waals surface area contributed by atoms with Crippen LogP contribution in [0.15, 0.2) is 54.7 Å². The molecule has 5 rings (SSSR count). The summed E-state index contributed by atoms with van der Waals surface area (Å²) >= 11 is 0. The molecular formula is C31H33N6O5+. The summed E-state index contributed by atoms with van der Waals surface area (Å²) < 4.78 is 13.4. The Labute approximate surface area is 243 Å². The second-order valence-electron chi connectivity index (χ2n) is 11.0. The fourth-order valence-electron chi connectivity index (χ4n) is 5.12. The molecule has 11 heteroatoms. The number of methoxy groups -OCH3 is 1. The molecule has 1 amide bonds. The molecule has 4 aromatic rings. The first kappa shape index (κ1) is 28.5. The lowest BCUT2D eigenvalue weighted by Gasteiger charge is -2.25. The first-order valence-corrected chi connectivity index (χ1v) is 13.6. The Morgan fingerprint density at radius 1 is 1.07 bits per heavy atom. The van der Waals surface area contributed by atoms with E-state index in [9.17, 15) is 14.4 Å². The first-order valence-electron chi connectivity index (χ1n) is 13.6. The van der Waals surface area contributed by atoms with Crippen molar-refractivity contribution in [1.82, 2.24) is 14.5 Å². The largest absolute Gasteiger partial charge is 0.496 e. The van der Waals surface area contributed by atoms with Gasteiger partial charge in [0.25, 0.3) is 5.69 Å². The molecule has 0 saturated heterocycles. The van der Waals surface area contributed by atoms with Crippen molar-refractivity contribution < 1.29 is 28.4 Å². The number of pyridine rings is 1. The molecule has 0 fully saturated rings. The zero-order chi connectivity index (χ0) is 30.2. The van der Waals surface area contributed by atoms with Gasteiger partial charge in [-0.2, -0.15) is 4.79 Å². The van der Waals surface area contributed by atoms with Crippen LogP contribution < -0.4 is 14.5 Å². The summed E-state index contributed by atoms with van der Waals surface area (Å²) in [6, 6.07) is 14.0. The number of fused-ring (bicyclic) bond motifs is 2. The molecule has 0 bridgehead atoms. The number of aryl methyl sites for hydroxylation is 1. The highest BCUT2D eigenvalue weighted by molar-refractivity contribution is 5.98. The van der Waals surface area contributed by atoms with Crippen molar-refractivity contribution in [2.45, 2.75) is 39.7 Å². The highest BCUT2D eigenvalue weighted by atomic mass is 16.6. The van der Waals surface area contributed by atoms with Gasteiger partial charge in [-0.15, -0.1) is 0 Å². The summed E-state index contributed by atoms with van der Waals surface area (Å²) in [7, 11) is 3.49. The molecular weight excluding hydrogens is 536 g/mol. The van der Waals surface area contributed by atoms with Crippen molar-refractivity contribution >= 4 is 52.0 Å². The molecule has 0 atom stereocenters. The smallest absolute Gasteiger partial charge is 0.440 e. The van der Waals surface area contributed by atoms with Gasteiger partial charge in [0.05, 0.1) is 18.3 Å². The van der Waals surface area contributed by atoms with E-state index in [4.69, 9.17) is 9.47 Å². The second-order valence-corrected chi connectivity index (χ2v) is 11.0. The summed E-state index contributed by atoms with van der Waals surface area (Å²) in [5, 5.41) is 0. The van der Waals surface area contributed by atoms with Crippen molar-refractivity contribution in [1.29, 1.82) is 0 Å². The predicted octanol–water partition coefficient (Wildman–Crippen LogP) is 5.33. The van der Waals surface area contributed by atoms with Crippen LogP contribution >= 0.6 is 0 Å². The number of carbonyl (C=O) groups is 2. The molecule has 42 heavy (non-hydrogen) atoms. The number of hydrogen-bond acceptors (Lipinski definition) is 9. The van der Waals surface area contributed by atoms with E-state index in [1.165, 1.54) is 11.7 Å². The molecule has 0 saturated carbocycles. The van der Waals surface area contributed by atoms with Crippen LogP contribution in [0.1, 0.15) is 43.4 Å². The first-order chi connectivity index (χ1) is 20.0. The Kier molecular flexibility index (Phi) is 7.53. The number of anilines is 3. The van der Waals surface area contributed by atoms with E-state index in [1.54, 1.807) is 70.3 Å². The maximum absolute atomic E-state index is 13.8. The third kappa shape index (κ3) is 5.22. The molecule has 0 N–H and O–H groups in total. The average molecular weight is 570 g/mol. The molecule has 216 valence electrons. The van der Waals surface area contributed by atoms with E-state index < -0.39 is 17.6 Å². The summed E-state index contributed by atoms with van der Waals surface area (Å²) in [4.78, 5) is 52.4. The lowest BCUT2D eigenvalue weighted by molar-refractivity contribution is -0.330. The molecule has 0 aliphatic carbocycles. The van der Waals surface area contributed by atoms with Crippen molar-refractivity contribution in [2.75, 3.05) is 37.0 Å². The zero-order valence-electron chi connectivity index (χ0n) is 24.5. The van der Waals surface area contributed by atoms with Gasteiger partial charge in [0.2, 0.25) is 0 Å². The summed E-state index contributed by atoms with van der Waals surface area (Å²) in [5.74, 6) is 0.862. The number of rotatable bonds is 4. The van der Waals surface area contributed by atoms with Crippen LogP contribution in [0.5, 0.6) is 5.75 Å².